The van der Waals surface area contributed by atoms with Crippen LogP contribution in [0, 0.1) is 0 Å². The number of benzene rings is 1. The third-order valence-electron chi connectivity index (χ3n) is 6.52. The van der Waals surface area contributed by atoms with Gasteiger partial charge in [0.25, 0.3) is 11.5 Å². The fourth-order valence-electron chi connectivity index (χ4n) is 4.63. The summed E-state index contributed by atoms with van der Waals surface area (Å²) in [4.78, 5) is 55.9. The lowest BCUT2D eigenvalue weighted by molar-refractivity contribution is -0.125. The molecule has 10 heteroatoms. The zero-order chi connectivity index (χ0) is 24.8. The van der Waals surface area contributed by atoms with E-state index in [2.05, 4.69) is 10.3 Å². The summed E-state index contributed by atoms with van der Waals surface area (Å²) >= 11 is 0. The summed E-state index contributed by atoms with van der Waals surface area (Å²) in [6.45, 7) is 3.34. The number of aryl methyl sites for hydroxylation is 1. The quantitative estimate of drug-likeness (QED) is 0.647. The van der Waals surface area contributed by atoms with Gasteiger partial charge in [-0.25, -0.2) is 14.6 Å². The van der Waals surface area contributed by atoms with Crippen LogP contribution in [0.4, 0.5) is 4.79 Å². The monoisotopic (exact) mass is 484 g/mol. The molecule has 1 fully saturated rings. The molecule has 0 bridgehead atoms. The zero-order valence-corrected chi connectivity index (χ0v) is 20.1. The molecule has 0 unspecified atom stereocenters. The molecule has 2 aromatic rings. The van der Waals surface area contributed by atoms with Crippen LogP contribution >= 0.6 is 0 Å². The Morgan fingerprint density at radius 1 is 1.06 bits per heavy atom. The molecule has 188 valence electrons. The minimum atomic E-state index is -0.646. The molecular weight excluding hydrogens is 452 g/mol. The summed E-state index contributed by atoms with van der Waals surface area (Å²) in [5.74, 6) is -0.291. The molecule has 1 N–H and O–H groups in total. The molecule has 0 radical (unpaired) electrons. The second kappa shape index (κ2) is 11.3. The normalized spacial score (nSPS) is 16.7. The summed E-state index contributed by atoms with van der Waals surface area (Å²) in [5, 5.41) is 3.32. The Kier molecular flexibility index (Phi) is 7.99. The van der Waals surface area contributed by atoms with Crippen molar-refractivity contribution < 1.29 is 23.9 Å². The summed E-state index contributed by atoms with van der Waals surface area (Å²) < 4.78 is 12.0. The maximum absolute atomic E-state index is 12.9. The second-order valence-corrected chi connectivity index (χ2v) is 8.98. The molecule has 0 spiro atoms. The molecule has 4 rings (SSSR count). The zero-order valence-electron chi connectivity index (χ0n) is 20.1. The lowest BCUT2D eigenvalue weighted by atomic mass is 10.1. The van der Waals surface area contributed by atoms with Gasteiger partial charge in [-0.05, 0) is 50.8 Å². The second-order valence-electron chi connectivity index (χ2n) is 8.98. The van der Waals surface area contributed by atoms with Gasteiger partial charge in [-0.3, -0.25) is 14.2 Å². The number of rotatable bonds is 5. The van der Waals surface area contributed by atoms with Gasteiger partial charge in [0, 0.05) is 32.1 Å². The summed E-state index contributed by atoms with van der Waals surface area (Å²) in [6, 6.07) is 4.60. The van der Waals surface area contributed by atoms with Crippen molar-refractivity contribution in [2.45, 2.75) is 64.5 Å². The molecule has 35 heavy (non-hydrogen) atoms. The Morgan fingerprint density at radius 2 is 1.83 bits per heavy atom. The number of hydrogen-bond acceptors (Lipinski definition) is 7. The topological polar surface area (TPSA) is 120 Å². The van der Waals surface area contributed by atoms with E-state index in [1.54, 1.807) is 28.5 Å². The number of carbonyl (C=O) groups is 3. The Labute approximate surface area is 203 Å². The van der Waals surface area contributed by atoms with E-state index in [-0.39, 0.29) is 23.3 Å². The molecule has 2 aliphatic heterocycles. The number of ether oxygens (including phenoxy) is 2. The van der Waals surface area contributed by atoms with Crippen LogP contribution in [-0.2, 0) is 27.2 Å². The molecule has 0 atom stereocenters. The van der Waals surface area contributed by atoms with Crippen molar-refractivity contribution in [2.75, 3.05) is 26.3 Å². The lowest BCUT2D eigenvalue weighted by Crippen LogP contribution is -2.47. The van der Waals surface area contributed by atoms with E-state index in [0.29, 0.717) is 50.0 Å². The molecular formula is C25H32N4O6. The maximum atomic E-state index is 12.9. The number of nitrogens with one attached hydrogen (secondary N) is 1. The number of piperidine rings is 1. The first-order chi connectivity index (χ1) is 17.0. The SMILES string of the molecule is CCOC(=O)N1CCC(NC(=O)COC(=O)c2ccc3c(=O)n4c(nc3c2)CCCCCC4)CC1. The van der Waals surface area contributed by atoms with Gasteiger partial charge in [0.15, 0.2) is 6.61 Å². The first kappa shape index (κ1) is 24.7. The number of likely N-dealkylation sites (tertiary alicyclic amines) is 1. The number of carbonyl (C=O) groups excluding carboxylic acids is 3. The predicted octanol–water partition coefficient (Wildman–Crippen LogP) is 2.41. The number of amides is 2. The van der Waals surface area contributed by atoms with Crippen molar-refractivity contribution >= 4 is 28.9 Å². The van der Waals surface area contributed by atoms with Crippen LogP contribution in [0.3, 0.4) is 0 Å². The van der Waals surface area contributed by atoms with E-state index in [1.165, 1.54) is 6.07 Å². The standard InChI is InChI=1S/C25H32N4O6/c1-2-34-25(33)28-13-10-18(11-14-28)26-22(30)16-35-24(32)17-8-9-19-20(15-17)27-21-7-5-3-4-6-12-29(21)23(19)31/h8-9,15,18H,2-7,10-14,16H2,1H3,(H,26,30). The van der Waals surface area contributed by atoms with Crippen molar-refractivity contribution in [3.8, 4) is 0 Å². The third-order valence-corrected chi connectivity index (χ3v) is 6.52. The van der Waals surface area contributed by atoms with Gasteiger partial charge in [0.1, 0.15) is 5.82 Å². The fraction of sp³-hybridized carbons (Fsp3) is 0.560. The molecule has 3 heterocycles. The molecule has 1 aromatic heterocycles. The van der Waals surface area contributed by atoms with Crippen LogP contribution in [0.1, 0.15) is 61.6 Å². The highest BCUT2D eigenvalue weighted by atomic mass is 16.6. The van der Waals surface area contributed by atoms with Crippen LogP contribution in [0.5, 0.6) is 0 Å². The predicted molar refractivity (Wildman–Crippen MR) is 128 cm³/mol. The van der Waals surface area contributed by atoms with Crippen molar-refractivity contribution in [1.82, 2.24) is 19.8 Å². The first-order valence-electron chi connectivity index (χ1n) is 12.4. The van der Waals surface area contributed by atoms with Gasteiger partial charge in [-0.15, -0.1) is 0 Å². The van der Waals surface area contributed by atoms with E-state index in [1.807, 2.05) is 0 Å². The van der Waals surface area contributed by atoms with Crippen molar-refractivity contribution in [1.29, 1.82) is 0 Å². The van der Waals surface area contributed by atoms with Crippen molar-refractivity contribution in [3.05, 3.63) is 39.9 Å². The van der Waals surface area contributed by atoms with Gasteiger partial charge in [-0.1, -0.05) is 12.8 Å². The number of hydrogen-bond donors (Lipinski definition) is 1. The molecule has 0 saturated carbocycles. The van der Waals surface area contributed by atoms with Gasteiger partial charge >= 0.3 is 12.1 Å². The summed E-state index contributed by atoms with van der Waals surface area (Å²) in [5.41, 5.74) is 0.630. The Hall–Kier alpha value is -3.43. The van der Waals surface area contributed by atoms with E-state index in [9.17, 15) is 19.2 Å². The molecule has 1 aromatic carbocycles. The van der Waals surface area contributed by atoms with Gasteiger partial charge in [0.2, 0.25) is 0 Å². The number of esters is 1. The van der Waals surface area contributed by atoms with Crippen LogP contribution in [-0.4, -0.2) is 64.8 Å². The third kappa shape index (κ3) is 5.98. The highest BCUT2D eigenvalue weighted by Gasteiger charge is 2.25. The largest absolute Gasteiger partial charge is 0.452 e. The van der Waals surface area contributed by atoms with E-state index >= 15 is 0 Å². The Balaban J connectivity index is 1.33. The van der Waals surface area contributed by atoms with E-state index in [0.717, 1.165) is 37.9 Å². The fourth-order valence-corrected chi connectivity index (χ4v) is 4.63. The van der Waals surface area contributed by atoms with Crippen LogP contribution in [0.15, 0.2) is 23.0 Å². The minimum Gasteiger partial charge on any atom is -0.452 e. The van der Waals surface area contributed by atoms with E-state index in [4.69, 9.17) is 9.47 Å². The number of nitrogens with zero attached hydrogens (tertiary/aromatic N) is 3. The van der Waals surface area contributed by atoms with E-state index < -0.39 is 18.5 Å². The van der Waals surface area contributed by atoms with Crippen LogP contribution < -0.4 is 10.9 Å². The average molecular weight is 485 g/mol. The number of aromatic nitrogens is 2. The molecule has 0 aliphatic carbocycles. The minimum absolute atomic E-state index is 0.0831. The molecule has 2 aliphatic rings. The Morgan fingerprint density at radius 3 is 2.60 bits per heavy atom. The average Bonchev–Trinajstić information content (AvgIpc) is 2.84. The van der Waals surface area contributed by atoms with Gasteiger partial charge < -0.3 is 19.7 Å². The highest BCUT2D eigenvalue weighted by molar-refractivity contribution is 5.95. The van der Waals surface area contributed by atoms with Crippen molar-refractivity contribution in [3.63, 3.8) is 0 Å². The first-order valence-corrected chi connectivity index (χ1v) is 12.4. The molecule has 2 amide bonds. The molecule has 10 nitrogen and oxygen atoms in total. The van der Waals surface area contributed by atoms with Crippen molar-refractivity contribution in [2.24, 2.45) is 0 Å². The Bertz CT molecular complexity index is 1150. The van der Waals surface area contributed by atoms with Gasteiger partial charge in [-0.2, -0.15) is 0 Å². The number of fused-ring (bicyclic) bond motifs is 2. The maximum Gasteiger partial charge on any atom is 0.409 e. The summed E-state index contributed by atoms with van der Waals surface area (Å²) in [7, 11) is 0. The summed E-state index contributed by atoms with van der Waals surface area (Å²) in [6.07, 6.45) is 5.77. The van der Waals surface area contributed by atoms with Gasteiger partial charge in [0.05, 0.1) is 23.1 Å². The molecule has 1 saturated heterocycles. The smallest absolute Gasteiger partial charge is 0.409 e. The van der Waals surface area contributed by atoms with Crippen LogP contribution in [0.2, 0.25) is 0 Å². The highest BCUT2D eigenvalue weighted by Crippen LogP contribution is 2.17. The lowest BCUT2D eigenvalue weighted by Gasteiger charge is -2.31. The van der Waals surface area contributed by atoms with Crippen LogP contribution in [0.25, 0.3) is 10.9 Å².